The zero-order chi connectivity index (χ0) is 12.1. The van der Waals surface area contributed by atoms with Crippen molar-refractivity contribution < 1.29 is 0 Å². The summed E-state index contributed by atoms with van der Waals surface area (Å²) in [6.07, 6.45) is 4.73. The molecule has 0 spiro atoms. The molecule has 1 aliphatic rings. The smallest absolute Gasteiger partial charge is 0.156 e. The highest BCUT2D eigenvalue weighted by Gasteiger charge is 2.21. The van der Waals surface area contributed by atoms with Gasteiger partial charge in [0.15, 0.2) is 5.17 Å². The van der Waals surface area contributed by atoms with Crippen molar-refractivity contribution in [3.8, 4) is 0 Å². The first-order chi connectivity index (χ1) is 8.25. The van der Waals surface area contributed by atoms with E-state index in [2.05, 4.69) is 35.2 Å². The minimum Gasteiger partial charge on any atom is -0.365 e. The van der Waals surface area contributed by atoms with Crippen LogP contribution >= 0.6 is 11.8 Å². The summed E-state index contributed by atoms with van der Waals surface area (Å²) in [4.78, 5) is 8.63. The van der Waals surface area contributed by atoms with Crippen LogP contribution in [0.5, 0.6) is 0 Å². The predicted octanol–water partition coefficient (Wildman–Crippen LogP) is 2.34. The number of nitrogens with one attached hydrogen (secondary N) is 1. The summed E-state index contributed by atoms with van der Waals surface area (Å²) in [5, 5.41) is 5.15. The Morgan fingerprint density at radius 2 is 2.41 bits per heavy atom. The maximum absolute atomic E-state index is 4.52. The van der Waals surface area contributed by atoms with E-state index in [1.54, 1.807) is 6.20 Å². The van der Waals surface area contributed by atoms with Gasteiger partial charge in [-0.2, -0.15) is 0 Å². The SMILES string of the molecule is CC(C)C1CN=C(NCCc2cccnc2)S1. The Kier molecular flexibility index (Phi) is 4.42. The lowest BCUT2D eigenvalue weighted by atomic mass is 10.1. The quantitative estimate of drug-likeness (QED) is 0.890. The Labute approximate surface area is 107 Å². The minimum absolute atomic E-state index is 0.649. The molecule has 1 unspecified atom stereocenters. The largest absolute Gasteiger partial charge is 0.365 e. The van der Waals surface area contributed by atoms with Gasteiger partial charge in [-0.25, -0.2) is 0 Å². The van der Waals surface area contributed by atoms with Gasteiger partial charge < -0.3 is 5.32 Å². The number of aliphatic imine (C=N–C) groups is 1. The lowest BCUT2D eigenvalue weighted by Crippen LogP contribution is -2.23. The van der Waals surface area contributed by atoms with Crippen molar-refractivity contribution in [2.24, 2.45) is 10.9 Å². The molecule has 4 heteroatoms. The number of hydrogen-bond donors (Lipinski definition) is 1. The van der Waals surface area contributed by atoms with E-state index in [0.717, 1.165) is 24.7 Å². The Balaban J connectivity index is 1.70. The number of aromatic nitrogens is 1. The summed E-state index contributed by atoms with van der Waals surface area (Å²) < 4.78 is 0. The van der Waals surface area contributed by atoms with Crippen LogP contribution in [0.1, 0.15) is 19.4 Å². The average Bonchev–Trinajstić information content (AvgIpc) is 2.79. The molecule has 1 aliphatic heterocycles. The molecule has 92 valence electrons. The first-order valence-corrected chi connectivity index (χ1v) is 6.97. The van der Waals surface area contributed by atoms with Gasteiger partial charge in [0.25, 0.3) is 0 Å². The van der Waals surface area contributed by atoms with Crippen LogP contribution in [-0.4, -0.2) is 28.5 Å². The minimum atomic E-state index is 0.649. The van der Waals surface area contributed by atoms with Crippen molar-refractivity contribution in [3.05, 3.63) is 30.1 Å². The fourth-order valence-electron chi connectivity index (χ4n) is 1.70. The second-order valence-corrected chi connectivity index (χ2v) is 5.81. The molecule has 3 nitrogen and oxygen atoms in total. The number of hydrogen-bond acceptors (Lipinski definition) is 4. The lowest BCUT2D eigenvalue weighted by molar-refractivity contribution is 0.621. The van der Waals surface area contributed by atoms with E-state index in [1.807, 2.05) is 24.0 Å². The second kappa shape index (κ2) is 6.05. The molecule has 1 aromatic heterocycles. The average molecular weight is 249 g/mol. The zero-order valence-electron chi connectivity index (χ0n) is 10.4. The summed E-state index contributed by atoms with van der Waals surface area (Å²) in [7, 11) is 0. The van der Waals surface area contributed by atoms with Crippen LogP contribution in [0.3, 0.4) is 0 Å². The molecule has 2 rings (SSSR count). The highest BCUT2D eigenvalue weighted by atomic mass is 32.2. The van der Waals surface area contributed by atoms with Gasteiger partial charge in [-0.3, -0.25) is 9.98 Å². The second-order valence-electron chi connectivity index (χ2n) is 4.58. The van der Waals surface area contributed by atoms with Crippen LogP contribution in [0, 0.1) is 5.92 Å². The maximum Gasteiger partial charge on any atom is 0.156 e. The van der Waals surface area contributed by atoms with E-state index in [0.29, 0.717) is 11.2 Å². The Morgan fingerprint density at radius 3 is 3.06 bits per heavy atom. The highest BCUT2D eigenvalue weighted by Crippen LogP contribution is 2.25. The maximum atomic E-state index is 4.52. The van der Waals surface area contributed by atoms with Gasteiger partial charge in [-0.05, 0) is 24.0 Å². The molecule has 2 heterocycles. The number of pyridine rings is 1. The molecule has 0 saturated carbocycles. The molecule has 0 aliphatic carbocycles. The Hall–Kier alpha value is -1.03. The monoisotopic (exact) mass is 249 g/mol. The molecule has 0 saturated heterocycles. The summed E-state index contributed by atoms with van der Waals surface area (Å²) in [6.45, 7) is 6.40. The lowest BCUT2D eigenvalue weighted by Gasteiger charge is -2.12. The number of rotatable bonds is 4. The predicted molar refractivity (Wildman–Crippen MR) is 74.5 cm³/mol. The molecule has 1 aromatic rings. The van der Waals surface area contributed by atoms with Crippen molar-refractivity contribution in [1.82, 2.24) is 10.3 Å². The fraction of sp³-hybridized carbons (Fsp3) is 0.538. The Morgan fingerprint density at radius 1 is 1.53 bits per heavy atom. The van der Waals surface area contributed by atoms with E-state index >= 15 is 0 Å². The van der Waals surface area contributed by atoms with E-state index in [-0.39, 0.29) is 0 Å². The van der Waals surface area contributed by atoms with Gasteiger partial charge in [-0.15, -0.1) is 0 Å². The van der Waals surface area contributed by atoms with Crippen LogP contribution in [0.4, 0.5) is 0 Å². The normalized spacial score (nSPS) is 19.5. The molecule has 0 bridgehead atoms. The van der Waals surface area contributed by atoms with Crippen molar-refractivity contribution in [2.75, 3.05) is 13.1 Å². The third-order valence-electron chi connectivity index (χ3n) is 2.83. The van der Waals surface area contributed by atoms with Crippen molar-refractivity contribution >= 4 is 16.9 Å². The molecule has 0 aromatic carbocycles. The number of nitrogens with zero attached hydrogens (tertiary/aromatic N) is 2. The van der Waals surface area contributed by atoms with E-state index in [4.69, 9.17) is 0 Å². The summed E-state index contributed by atoms with van der Waals surface area (Å²) in [5.41, 5.74) is 1.27. The topological polar surface area (TPSA) is 37.3 Å². The molecule has 1 atom stereocenters. The van der Waals surface area contributed by atoms with Gasteiger partial charge in [0.2, 0.25) is 0 Å². The third-order valence-corrected chi connectivity index (χ3v) is 4.33. The third kappa shape index (κ3) is 3.73. The molecule has 17 heavy (non-hydrogen) atoms. The van der Waals surface area contributed by atoms with Gasteiger partial charge >= 0.3 is 0 Å². The van der Waals surface area contributed by atoms with Crippen LogP contribution < -0.4 is 5.32 Å². The van der Waals surface area contributed by atoms with Crippen LogP contribution in [-0.2, 0) is 6.42 Å². The van der Waals surface area contributed by atoms with Crippen LogP contribution in [0.15, 0.2) is 29.5 Å². The van der Waals surface area contributed by atoms with Gasteiger partial charge in [0.05, 0.1) is 6.54 Å². The van der Waals surface area contributed by atoms with Crippen molar-refractivity contribution in [1.29, 1.82) is 0 Å². The van der Waals surface area contributed by atoms with E-state index < -0.39 is 0 Å². The fourth-order valence-corrected chi connectivity index (χ4v) is 2.74. The molecule has 0 amide bonds. The molecule has 0 radical (unpaired) electrons. The van der Waals surface area contributed by atoms with E-state index in [1.165, 1.54) is 5.56 Å². The number of amidine groups is 1. The van der Waals surface area contributed by atoms with E-state index in [9.17, 15) is 0 Å². The zero-order valence-corrected chi connectivity index (χ0v) is 11.2. The van der Waals surface area contributed by atoms with Gasteiger partial charge in [0.1, 0.15) is 0 Å². The molecular weight excluding hydrogens is 230 g/mol. The summed E-state index contributed by atoms with van der Waals surface area (Å²) in [6, 6.07) is 4.08. The van der Waals surface area contributed by atoms with Crippen molar-refractivity contribution in [3.63, 3.8) is 0 Å². The van der Waals surface area contributed by atoms with Gasteiger partial charge in [-0.1, -0.05) is 31.7 Å². The van der Waals surface area contributed by atoms with Crippen LogP contribution in [0.2, 0.25) is 0 Å². The number of thioether (sulfide) groups is 1. The summed E-state index contributed by atoms with van der Waals surface area (Å²) in [5.74, 6) is 0.696. The first-order valence-electron chi connectivity index (χ1n) is 6.09. The summed E-state index contributed by atoms with van der Waals surface area (Å²) >= 11 is 1.88. The van der Waals surface area contributed by atoms with Crippen LogP contribution in [0.25, 0.3) is 0 Å². The molecule has 0 fully saturated rings. The first kappa shape index (κ1) is 12.4. The molecule has 1 N–H and O–H groups in total. The van der Waals surface area contributed by atoms with Crippen molar-refractivity contribution in [2.45, 2.75) is 25.5 Å². The standard InChI is InChI=1S/C13H19N3S/c1-10(2)12-9-16-13(17-12)15-7-5-11-4-3-6-14-8-11/h3-4,6,8,10,12H,5,7,9H2,1-2H3,(H,15,16). The van der Waals surface area contributed by atoms with Gasteiger partial charge in [0, 0.05) is 24.2 Å². The Bertz CT molecular complexity index is 376. The highest BCUT2D eigenvalue weighted by molar-refractivity contribution is 8.14. The molecular formula is C13H19N3S.